The van der Waals surface area contributed by atoms with Gasteiger partial charge in [-0.3, -0.25) is 4.79 Å². The minimum Gasteiger partial charge on any atom is -0.456 e. The van der Waals surface area contributed by atoms with E-state index in [0.717, 1.165) is 50.1 Å². The number of benzene rings is 3. The lowest BCUT2D eigenvalue weighted by molar-refractivity contribution is -0.120. The van der Waals surface area contributed by atoms with E-state index in [1.165, 1.54) is 5.56 Å². The summed E-state index contributed by atoms with van der Waals surface area (Å²) in [6, 6.07) is 24.0. The van der Waals surface area contributed by atoms with E-state index in [9.17, 15) is 4.79 Å². The Bertz CT molecular complexity index is 1590. The van der Waals surface area contributed by atoms with Crippen LogP contribution in [0.2, 0.25) is 0 Å². The molecule has 37 heavy (non-hydrogen) atoms. The van der Waals surface area contributed by atoms with Crippen LogP contribution in [0.1, 0.15) is 56.6 Å². The Hall–Kier alpha value is -4.38. The van der Waals surface area contributed by atoms with E-state index < -0.39 is 0 Å². The number of aryl methyl sites for hydroxylation is 4. The summed E-state index contributed by atoms with van der Waals surface area (Å²) in [5, 5.41) is 8.20. The fourth-order valence-electron chi connectivity index (χ4n) is 4.92. The number of carbonyl (C=O) groups is 1. The molecule has 0 aliphatic heterocycles. The van der Waals surface area contributed by atoms with Crippen molar-refractivity contribution in [2.24, 2.45) is 0 Å². The SMILES string of the molecule is C=C(c1cc2cc(CC(=O)N[C@@H](c3ccccc3)c3ccc(C)cc3C)ccc2o1)c1c(C)noc1C. The van der Waals surface area contributed by atoms with E-state index in [0.29, 0.717) is 11.5 Å². The summed E-state index contributed by atoms with van der Waals surface area (Å²) in [6.45, 7) is 12.1. The summed E-state index contributed by atoms with van der Waals surface area (Å²) in [6.07, 6.45) is 0.259. The zero-order valence-corrected chi connectivity index (χ0v) is 21.6. The highest BCUT2D eigenvalue weighted by Crippen LogP contribution is 2.32. The zero-order valence-electron chi connectivity index (χ0n) is 21.6. The number of nitrogens with one attached hydrogen (secondary N) is 1. The Morgan fingerprint density at radius 1 is 0.973 bits per heavy atom. The highest BCUT2D eigenvalue weighted by molar-refractivity contribution is 5.88. The molecular weight excluding hydrogens is 460 g/mol. The Morgan fingerprint density at radius 3 is 2.46 bits per heavy atom. The van der Waals surface area contributed by atoms with Crippen molar-refractivity contribution < 1.29 is 13.7 Å². The minimum atomic E-state index is -0.225. The van der Waals surface area contributed by atoms with E-state index in [2.05, 4.69) is 61.2 Å². The Kier molecular flexibility index (Phi) is 6.53. The van der Waals surface area contributed by atoms with Crippen molar-refractivity contribution in [2.45, 2.75) is 40.2 Å². The van der Waals surface area contributed by atoms with Crippen molar-refractivity contribution >= 4 is 22.4 Å². The fourth-order valence-corrected chi connectivity index (χ4v) is 4.92. The van der Waals surface area contributed by atoms with Gasteiger partial charge in [-0.2, -0.15) is 0 Å². The average Bonchev–Trinajstić information content (AvgIpc) is 3.45. The summed E-state index contributed by atoms with van der Waals surface area (Å²) >= 11 is 0. The Labute approximate surface area is 216 Å². The molecule has 5 nitrogen and oxygen atoms in total. The van der Waals surface area contributed by atoms with Crippen LogP contribution in [0.4, 0.5) is 0 Å². The van der Waals surface area contributed by atoms with Gasteiger partial charge in [0.1, 0.15) is 17.1 Å². The van der Waals surface area contributed by atoms with Gasteiger partial charge in [-0.05, 0) is 68.1 Å². The van der Waals surface area contributed by atoms with Gasteiger partial charge in [-0.1, -0.05) is 71.9 Å². The van der Waals surface area contributed by atoms with Crippen LogP contribution in [-0.2, 0) is 11.2 Å². The number of fused-ring (bicyclic) bond motifs is 1. The fraction of sp³-hybridized carbons (Fsp3) is 0.188. The van der Waals surface area contributed by atoms with Crippen LogP contribution in [-0.4, -0.2) is 11.1 Å². The molecule has 0 radical (unpaired) electrons. The largest absolute Gasteiger partial charge is 0.456 e. The van der Waals surface area contributed by atoms with Crippen molar-refractivity contribution in [2.75, 3.05) is 0 Å². The molecule has 0 fully saturated rings. The number of amides is 1. The molecule has 0 aliphatic rings. The van der Waals surface area contributed by atoms with E-state index >= 15 is 0 Å². The molecule has 0 saturated carbocycles. The van der Waals surface area contributed by atoms with Crippen LogP contribution >= 0.6 is 0 Å². The first-order valence-corrected chi connectivity index (χ1v) is 12.4. The third-order valence-corrected chi connectivity index (χ3v) is 6.75. The van der Waals surface area contributed by atoms with Crippen LogP contribution in [0.15, 0.2) is 88.3 Å². The van der Waals surface area contributed by atoms with Crippen LogP contribution in [0.25, 0.3) is 16.5 Å². The topological polar surface area (TPSA) is 68.3 Å². The van der Waals surface area contributed by atoms with Crippen LogP contribution in [0.3, 0.4) is 0 Å². The highest BCUT2D eigenvalue weighted by atomic mass is 16.5. The lowest BCUT2D eigenvalue weighted by atomic mass is 9.93. The van der Waals surface area contributed by atoms with Gasteiger partial charge in [0.05, 0.1) is 23.7 Å². The second-order valence-electron chi connectivity index (χ2n) is 9.61. The lowest BCUT2D eigenvalue weighted by Gasteiger charge is -2.22. The molecular formula is C32H30N2O3. The van der Waals surface area contributed by atoms with Crippen molar-refractivity contribution in [3.63, 3.8) is 0 Å². The normalized spacial score (nSPS) is 12.0. The third kappa shape index (κ3) is 4.98. The van der Waals surface area contributed by atoms with E-state index in [1.54, 1.807) is 0 Å². The highest BCUT2D eigenvalue weighted by Gasteiger charge is 2.20. The van der Waals surface area contributed by atoms with E-state index in [-0.39, 0.29) is 18.4 Å². The van der Waals surface area contributed by atoms with Gasteiger partial charge in [0.2, 0.25) is 5.91 Å². The maximum atomic E-state index is 13.3. The van der Waals surface area contributed by atoms with Crippen LogP contribution < -0.4 is 5.32 Å². The van der Waals surface area contributed by atoms with Gasteiger partial charge in [0.25, 0.3) is 0 Å². The minimum absolute atomic E-state index is 0.0444. The van der Waals surface area contributed by atoms with Gasteiger partial charge < -0.3 is 14.3 Å². The second kappa shape index (κ2) is 9.94. The summed E-state index contributed by atoms with van der Waals surface area (Å²) in [4.78, 5) is 13.3. The monoisotopic (exact) mass is 490 g/mol. The average molecular weight is 491 g/mol. The molecule has 1 N–H and O–H groups in total. The first-order valence-electron chi connectivity index (χ1n) is 12.4. The molecule has 0 saturated heterocycles. The van der Waals surface area contributed by atoms with Crippen LogP contribution in [0, 0.1) is 27.7 Å². The smallest absolute Gasteiger partial charge is 0.225 e. The molecule has 186 valence electrons. The molecule has 0 spiro atoms. The number of hydrogen-bond donors (Lipinski definition) is 1. The van der Waals surface area contributed by atoms with Crippen molar-refractivity contribution in [1.82, 2.24) is 10.5 Å². The molecule has 3 aromatic carbocycles. The molecule has 0 unspecified atom stereocenters. The number of aromatic nitrogens is 1. The Morgan fingerprint density at radius 2 is 1.76 bits per heavy atom. The summed E-state index contributed by atoms with van der Waals surface area (Å²) in [5.41, 5.74) is 8.51. The predicted molar refractivity (Wildman–Crippen MR) is 146 cm³/mol. The van der Waals surface area contributed by atoms with Gasteiger partial charge in [0, 0.05) is 11.0 Å². The van der Waals surface area contributed by atoms with Crippen molar-refractivity contribution in [3.05, 3.63) is 130 Å². The molecule has 1 atom stereocenters. The first-order chi connectivity index (χ1) is 17.8. The maximum absolute atomic E-state index is 13.3. The molecule has 5 heteroatoms. The third-order valence-electron chi connectivity index (χ3n) is 6.75. The van der Waals surface area contributed by atoms with E-state index in [1.807, 2.05) is 56.3 Å². The maximum Gasteiger partial charge on any atom is 0.225 e. The van der Waals surface area contributed by atoms with Crippen molar-refractivity contribution in [1.29, 1.82) is 0 Å². The number of rotatable bonds is 7. The van der Waals surface area contributed by atoms with Crippen LogP contribution in [0.5, 0.6) is 0 Å². The molecule has 5 rings (SSSR count). The van der Waals surface area contributed by atoms with Gasteiger partial charge in [-0.15, -0.1) is 0 Å². The number of nitrogens with zero attached hydrogens (tertiary/aromatic N) is 1. The van der Waals surface area contributed by atoms with Crippen molar-refractivity contribution in [3.8, 4) is 0 Å². The Balaban J connectivity index is 1.38. The van der Waals surface area contributed by atoms with Gasteiger partial charge >= 0.3 is 0 Å². The first kappa shape index (κ1) is 24.3. The molecule has 0 bridgehead atoms. The second-order valence-corrected chi connectivity index (χ2v) is 9.61. The molecule has 0 aliphatic carbocycles. The molecule has 5 aromatic rings. The number of furan rings is 1. The number of hydrogen-bond acceptors (Lipinski definition) is 4. The lowest BCUT2D eigenvalue weighted by Crippen LogP contribution is -2.31. The van der Waals surface area contributed by atoms with E-state index in [4.69, 9.17) is 8.94 Å². The molecule has 2 heterocycles. The quantitative estimate of drug-likeness (QED) is 0.263. The molecule has 1 amide bonds. The summed E-state index contributed by atoms with van der Waals surface area (Å²) in [7, 11) is 0. The summed E-state index contributed by atoms with van der Waals surface area (Å²) < 4.78 is 11.3. The molecule has 2 aromatic heterocycles. The standard InChI is InChI=1S/C32H30N2O3/c1-19-11-13-27(20(2)15-19)32(25-9-7-6-8-10-25)33-30(35)17-24-12-14-28-26(16-24)18-29(36-28)21(3)31-22(4)34-37-23(31)5/h6-16,18,32H,3,17H2,1-2,4-5H3,(H,33,35)/t32-/m0/s1. The number of carbonyl (C=O) groups excluding carboxylic acids is 1. The van der Waals surface area contributed by atoms with Gasteiger partial charge in [-0.25, -0.2) is 0 Å². The zero-order chi connectivity index (χ0) is 26.1. The van der Waals surface area contributed by atoms with Gasteiger partial charge in [0.15, 0.2) is 0 Å². The summed E-state index contributed by atoms with van der Waals surface area (Å²) in [5.74, 6) is 1.32. The predicted octanol–water partition coefficient (Wildman–Crippen LogP) is 7.16.